The zero-order valence-electron chi connectivity index (χ0n) is 42.0. The first-order valence-corrected chi connectivity index (χ1v) is 25.8. The van der Waals surface area contributed by atoms with Gasteiger partial charge in [0.15, 0.2) is 0 Å². The van der Waals surface area contributed by atoms with Crippen molar-refractivity contribution in [2.75, 3.05) is 0 Å². The molecule has 0 bridgehead atoms. The summed E-state index contributed by atoms with van der Waals surface area (Å²) in [6.45, 7) is 0. The van der Waals surface area contributed by atoms with Gasteiger partial charge in [0.05, 0.1) is 11.4 Å². The molecule has 0 saturated heterocycles. The van der Waals surface area contributed by atoms with Crippen molar-refractivity contribution in [3.63, 3.8) is 0 Å². The minimum absolute atomic E-state index is 0. The smallest absolute Gasteiger partial charge is 0.0715 e. The first-order valence-electron chi connectivity index (χ1n) is 25.8. The van der Waals surface area contributed by atoms with Crippen LogP contribution in [0.2, 0.25) is 0 Å². The standard InChI is InChI=1S/C74H49N2.Ir/c1-6-20-51(21-7-1)57-31-18-32-58(38-57)65-41-63(54-26-12-4-13-27-54)45-69(47-65)72-49-68(59-33-19-34-60(39-59)74-71-35-17-16-30-56(71)36-37-75-74)50-73(76-72)70-46-64(55-28-14-5-15-29-55)44-67(48-70)66-42-61(52-22-8-2-9-23-52)40-62(43-66)53-24-10-3-11-25-53;/h1-33,35-50H;/q-1;. The number of nitrogens with zero attached hydrogens (tertiary/aromatic N) is 2. The monoisotopic (exact) mass is 1160 g/mol. The van der Waals surface area contributed by atoms with Crippen molar-refractivity contribution < 1.29 is 20.1 Å². The minimum Gasteiger partial charge on any atom is -0.304 e. The third kappa shape index (κ3) is 10.4. The molecule has 0 atom stereocenters. The average Bonchev–Trinajstić information content (AvgIpc) is 3.52. The molecule has 13 rings (SSSR count). The van der Waals surface area contributed by atoms with E-state index < -0.39 is 0 Å². The Balaban J connectivity index is 0.00000596. The molecule has 0 saturated carbocycles. The molecule has 2 heterocycles. The summed E-state index contributed by atoms with van der Waals surface area (Å²) in [4.78, 5) is 10.7. The third-order valence-electron chi connectivity index (χ3n) is 14.3. The molecule has 0 aliphatic carbocycles. The summed E-state index contributed by atoms with van der Waals surface area (Å²) in [5.74, 6) is 0. The van der Waals surface area contributed by atoms with Crippen LogP contribution in [0.4, 0.5) is 0 Å². The Morgan fingerprint density at radius 1 is 0.247 bits per heavy atom. The van der Waals surface area contributed by atoms with Gasteiger partial charge in [-0.25, -0.2) is 4.98 Å². The van der Waals surface area contributed by atoms with E-state index in [1.165, 1.54) is 22.3 Å². The molecular formula is C74H49IrN2-. The summed E-state index contributed by atoms with van der Waals surface area (Å²) < 4.78 is 0. The summed E-state index contributed by atoms with van der Waals surface area (Å²) in [6, 6.07) is 108. The average molecular weight is 1160 g/mol. The van der Waals surface area contributed by atoms with Crippen LogP contribution in [0.3, 0.4) is 0 Å². The molecule has 0 fully saturated rings. The molecule has 0 unspecified atom stereocenters. The summed E-state index contributed by atoms with van der Waals surface area (Å²) in [7, 11) is 0. The van der Waals surface area contributed by atoms with E-state index in [9.17, 15) is 0 Å². The van der Waals surface area contributed by atoms with E-state index in [4.69, 9.17) is 9.97 Å². The maximum atomic E-state index is 5.74. The van der Waals surface area contributed by atoms with Gasteiger partial charge in [-0.1, -0.05) is 194 Å². The summed E-state index contributed by atoms with van der Waals surface area (Å²) in [6.07, 6.45) is 1.89. The van der Waals surface area contributed by atoms with E-state index >= 15 is 0 Å². The van der Waals surface area contributed by atoms with Crippen molar-refractivity contribution in [2.45, 2.75) is 0 Å². The van der Waals surface area contributed by atoms with Gasteiger partial charge >= 0.3 is 0 Å². The van der Waals surface area contributed by atoms with Gasteiger partial charge in [0.2, 0.25) is 0 Å². The van der Waals surface area contributed by atoms with Crippen LogP contribution in [0.5, 0.6) is 0 Å². The van der Waals surface area contributed by atoms with Crippen LogP contribution in [0.15, 0.2) is 297 Å². The van der Waals surface area contributed by atoms with Gasteiger partial charge in [-0.05, 0) is 179 Å². The van der Waals surface area contributed by atoms with Crippen LogP contribution in [0, 0.1) is 6.07 Å². The summed E-state index contributed by atoms with van der Waals surface area (Å²) in [5, 5.41) is 2.23. The largest absolute Gasteiger partial charge is 0.304 e. The van der Waals surface area contributed by atoms with Crippen LogP contribution in [0.25, 0.3) is 134 Å². The number of pyridine rings is 2. The van der Waals surface area contributed by atoms with Crippen LogP contribution >= 0.6 is 0 Å². The van der Waals surface area contributed by atoms with E-state index in [1.807, 2.05) is 12.3 Å². The quantitative estimate of drug-likeness (QED) is 0.121. The number of hydrogen-bond donors (Lipinski definition) is 0. The topological polar surface area (TPSA) is 25.8 Å². The fraction of sp³-hybridized carbons (Fsp3) is 0. The first kappa shape index (κ1) is 48.6. The summed E-state index contributed by atoms with van der Waals surface area (Å²) >= 11 is 0. The Labute approximate surface area is 464 Å². The Bertz CT molecular complexity index is 4130. The molecule has 0 N–H and O–H groups in total. The second kappa shape index (κ2) is 21.8. The molecule has 0 amide bonds. The van der Waals surface area contributed by atoms with E-state index in [0.717, 1.165) is 111 Å². The van der Waals surface area contributed by atoms with Crippen molar-refractivity contribution in [3.8, 4) is 123 Å². The maximum Gasteiger partial charge on any atom is 0.0715 e. The minimum atomic E-state index is 0. The Hall–Kier alpha value is -9.37. The van der Waals surface area contributed by atoms with E-state index in [0.29, 0.717) is 0 Å². The molecule has 2 aromatic heterocycles. The molecule has 3 heteroatoms. The zero-order chi connectivity index (χ0) is 50.6. The van der Waals surface area contributed by atoms with Gasteiger partial charge in [-0.15, -0.1) is 35.4 Å². The Morgan fingerprint density at radius 3 is 1.04 bits per heavy atom. The molecule has 77 heavy (non-hydrogen) atoms. The number of hydrogen-bond acceptors (Lipinski definition) is 2. The molecule has 0 aliphatic rings. The number of benzene rings is 11. The van der Waals surface area contributed by atoms with E-state index in [2.05, 4.69) is 291 Å². The van der Waals surface area contributed by atoms with Gasteiger partial charge in [-0.2, -0.15) is 0 Å². The van der Waals surface area contributed by atoms with Gasteiger partial charge in [-0.3, -0.25) is 0 Å². The van der Waals surface area contributed by atoms with E-state index in [1.54, 1.807) is 0 Å². The Morgan fingerprint density at radius 2 is 0.571 bits per heavy atom. The molecule has 2 nitrogen and oxygen atoms in total. The number of fused-ring (bicyclic) bond motifs is 1. The van der Waals surface area contributed by atoms with Crippen molar-refractivity contribution >= 4 is 10.8 Å². The van der Waals surface area contributed by atoms with Crippen LogP contribution < -0.4 is 0 Å². The maximum absolute atomic E-state index is 5.74. The number of rotatable bonds is 11. The predicted octanol–water partition coefficient (Wildman–Crippen LogP) is 19.8. The molecule has 365 valence electrons. The van der Waals surface area contributed by atoms with Crippen LogP contribution in [-0.4, -0.2) is 9.97 Å². The first-order chi connectivity index (χ1) is 37.6. The molecule has 1 radical (unpaired) electrons. The van der Waals surface area contributed by atoms with Crippen molar-refractivity contribution in [2.24, 2.45) is 0 Å². The predicted molar refractivity (Wildman–Crippen MR) is 318 cm³/mol. The SMILES string of the molecule is [Ir].[c-]1ccc(-c2cc(-c3cc(-c4ccccc4)cc(-c4cccc(-c5ccccc5)c4)c3)nc(-c3cc(-c4ccccc4)cc(-c4cc(-c5ccccc5)cc(-c5ccccc5)c4)c3)c2)cc1-c1nccc2ccccc12. The Kier molecular flexibility index (Phi) is 13.8. The normalized spacial score (nSPS) is 11.0. The van der Waals surface area contributed by atoms with Gasteiger partial charge in [0, 0.05) is 37.4 Å². The van der Waals surface area contributed by atoms with Crippen LogP contribution in [-0.2, 0) is 20.1 Å². The fourth-order valence-electron chi connectivity index (χ4n) is 10.5. The molecule has 13 aromatic rings. The van der Waals surface area contributed by atoms with Crippen molar-refractivity contribution in [3.05, 3.63) is 303 Å². The zero-order valence-corrected chi connectivity index (χ0v) is 44.4. The second-order valence-corrected chi connectivity index (χ2v) is 19.3. The molecule has 11 aromatic carbocycles. The third-order valence-corrected chi connectivity index (χ3v) is 14.3. The fourth-order valence-corrected chi connectivity index (χ4v) is 10.5. The van der Waals surface area contributed by atoms with Crippen LogP contribution in [0.1, 0.15) is 0 Å². The molecule has 0 aliphatic heterocycles. The van der Waals surface area contributed by atoms with E-state index in [-0.39, 0.29) is 20.1 Å². The van der Waals surface area contributed by atoms with Gasteiger partial charge in [0.1, 0.15) is 0 Å². The van der Waals surface area contributed by atoms with Gasteiger partial charge < -0.3 is 4.98 Å². The molecule has 0 spiro atoms. The second-order valence-electron chi connectivity index (χ2n) is 19.3. The van der Waals surface area contributed by atoms with Gasteiger partial charge in [0.25, 0.3) is 0 Å². The van der Waals surface area contributed by atoms with Crippen molar-refractivity contribution in [1.29, 1.82) is 0 Å². The molecular weight excluding hydrogens is 1110 g/mol. The van der Waals surface area contributed by atoms with Crippen molar-refractivity contribution in [1.82, 2.24) is 9.97 Å². The summed E-state index contributed by atoms with van der Waals surface area (Å²) in [5.41, 5.74) is 23.7. The number of aromatic nitrogens is 2.